The SMILES string of the molecule is N#CC1(N2CCCCCC2)CNC1. The Hall–Kier alpha value is -0.590. The molecule has 0 spiro atoms. The number of nitrogens with one attached hydrogen (secondary N) is 1. The lowest BCUT2D eigenvalue weighted by Gasteiger charge is -2.45. The molecule has 0 atom stereocenters. The van der Waals surface area contributed by atoms with Crippen LogP contribution in [-0.2, 0) is 0 Å². The first-order valence-electron chi connectivity index (χ1n) is 5.24. The largest absolute Gasteiger partial charge is 0.311 e. The van der Waals surface area contributed by atoms with E-state index in [1.807, 2.05) is 0 Å². The minimum absolute atomic E-state index is 0.148. The molecule has 1 N–H and O–H groups in total. The molecule has 2 saturated heterocycles. The van der Waals surface area contributed by atoms with Gasteiger partial charge in [-0.15, -0.1) is 0 Å². The summed E-state index contributed by atoms with van der Waals surface area (Å²) in [5.74, 6) is 0. The molecular formula is C10H17N3. The zero-order chi connectivity index (χ0) is 9.15. The third-order valence-corrected chi connectivity index (χ3v) is 3.25. The average Bonchev–Trinajstić information content (AvgIpc) is 2.32. The first-order chi connectivity index (χ1) is 6.37. The maximum Gasteiger partial charge on any atom is 0.134 e. The van der Waals surface area contributed by atoms with Crippen LogP contribution in [0.4, 0.5) is 0 Å². The van der Waals surface area contributed by atoms with Gasteiger partial charge in [-0.05, 0) is 25.9 Å². The summed E-state index contributed by atoms with van der Waals surface area (Å²) in [7, 11) is 0. The summed E-state index contributed by atoms with van der Waals surface area (Å²) in [6.45, 7) is 3.97. The molecule has 2 fully saturated rings. The van der Waals surface area contributed by atoms with Crippen LogP contribution in [-0.4, -0.2) is 36.6 Å². The Balaban J connectivity index is 2.01. The number of rotatable bonds is 1. The molecule has 0 aromatic carbocycles. The molecule has 0 aromatic rings. The van der Waals surface area contributed by atoms with Crippen LogP contribution in [0.1, 0.15) is 25.7 Å². The Morgan fingerprint density at radius 1 is 1.08 bits per heavy atom. The van der Waals surface area contributed by atoms with Gasteiger partial charge in [0.1, 0.15) is 5.54 Å². The van der Waals surface area contributed by atoms with Crippen LogP contribution in [0.3, 0.4) is 0 Å². The highest BCUT2D eigenvalue weighted by molar-refractivity contribution is 5.17. The molecule has 2 aliphatic rings. The van der Waals surface area contributed by atoms with Crippen LogP contribution in [0.2, 0.25) is 0 Å². The average molecular weight is 179 g/mol. The molecule has 0 aromatic heterocycles. The second-order valence-corrected chi connectivity index (χ2v) is 4.15. The van der Waals surface area contributed by atoms with E-state index in [1.54, 1.807) is 0 Å². The maximum atomic E-state index is 9.15. The lowest BCUT2D eigenvalue weighted by atomic mass is 9.91. The van der Waals surface area contributed by atoms with Crippen molar-refractivity contribution in [2.45, 2.75) is 31.2 Å². The van der Waals surface area contributed by atoms with E-state index in [9.17, 15) is 0 Å². The molecular weight excluding hydrogens is 162 g/mol. The molecule has 3 heteroatoms. The molecule has 0 unspecified atom stereocenters. The Morgan fingerprint density at radius 2 is 1.69 bits per heavy atom. The van der Waals surface area contributed by atoms with Gasteiger partial charge in [-0.3, -0.25) is 4.90 Å². The van der Waals surface area contributed by atoms with Crippen LogP contribution in [0.5, 0.6) is 0 Å². The predicted molar refractivity (Wildman–Crippen MR) is 51.3 cm³/mol. The van der Waals surface area contributed by atoms with Crippen LogP contribution >= 0.6 is 0 Å². The van der Waals surface area contributed by atoms with Crippen molar-refractivity contribution in [2.24, 2.45) is 0 Å². The highest BCUT2D eigenvalue weighted by Gasteiger charge is 2.42. The van der Waals surface area contributed by atoms with Gasteiger partial charge in [0.05, 0.1) is 6.07 Å². The smallest absolute Gasteiger partial charge is 0.134 e. The van der Waals surface area contributed by atoms with Gasteiger partial charge >= 0.3 is 0 Å². The standard InChI is InChI=1S/C10H17N3/c11-7-10(8-12-9-10)13-5-3-1-2-4-6-13/h12H,1-6,8-9H2. The molecule has 2 rings (SSSR count). The van der Waals surface area contributed by atoms with Gasteiger partial charge in [-0.1, -0.05) is 12.8 Å². The monoisotopic (exact) mass is 179 g/mol. The molecule has 0 aliphatic carbocycles. The van der Waals surface area contributed by atoms with Crippen LogP contribution in [0, 0.1) is 11.3 Å². The van der Waals surface area contributed by atoms with Crippen molar-refractivity contribution in [2.75, 3.05) is 26.2 Å². The van der Waals surface area contributed by atoms with E-state index >= 15 is 0 Å². The quantitative estimate of drug-likeness (QED) is 0.645. The van der Waals surface area contributed by atoms with Gasteiger partial charge in [0, 0.05) is 13.1 Å². The highest BCUT2D eigenvalue weighted by Crippen LogP contribution is 2.23. The van der Waals surface area contributed by atoms with Crippen LogP contribution in [0.25, 0.3) is 0 Å². The molecule has 0 radical (unpaired) electrons. The lowest BCUT2D eigenvalue weighted by Crippen LogP contribution is -2.68. The first-order valence-corrected chi connectivity index (χ1v) is 5.24. The third kappa shape index (κ3) is 1.56. The van der Waals surface area contributed by atoms with E-state index in [2.05, 4.69) is 16.3 Å². The van der Waals surface area contributed by atoms with Crippen molar-refractivity contribution in [3.8, 4) is 6.07 Å². The molecule has 0 bridgehead atoms. The van der Waals surface area contributed by atoms with Crippen molar-refractivity contribution < 1.29 is 0 Å². The second-order valence-electron chi connectivity index (χ2n) is 4.15. The summed E-state index contributed by atoms with van der Waals surface area (Å²) in [5.41, 5.74) is -0.148. The summed E-state index contributed by atoms with van der Waals surface area (Å²) in [4.78, 5) is 2.39. The first kappa shape index (κ1) is 8.98. The Labute approximate surface area is 79.7 Å². The van der Waals surface area contributed by atoms with E-state index in [1.165, 1.54) is 25.7 Å². The Bertz CT molecular complexity index is 207. The Morgan fingerprint density at radius 3 is 2.08 bits per heavy atom. The number of nitrogens with zero attached hydrogens (tertiary/aromatic N) is 2. The highest BCUT2D eigenvalue weighted by atomic mass is 15.3. The summed E-state index contributed by atoms with van der Waals surface area (Å²) in [6.07, 6.45) is 5.21. The van der Waals surface area contributed by atoms with E-state index in [0.29, 0.717) is 0 Å². The lowest BCUT2D eigenvalue weighted by molar-refractivity contribution is 0.0896. The van der Waals surface area contributed by atoms with Crippen molar-refractivity contribution in [3.05, 3.63) is 0 Å². The summed E-state index contributed by atoms with van der Waals surface area (Å²) >= 11 is 0. The zero-order valence-electron chi connectivity index (χ0n) is 8.05. The van der Waals surface area contributed by atoms with Crippen LogP contribution < -0.4 is 5.32 Å². The van der Waals surface area contributed by atoms with Crippen molar-refractivity contribution in [3.63, 3.8) is 0 Å². The van der Waals surface area contributed by atoms with Gasteiger partial charge in [-0.2, -0.15) is 5.26 Å². The predicted octanol–water partition coefficient (Wildman–Crippen LogP) is 0.728. The maximum absolute atomic E-state index is 9.15. The van der Waals surface area contributed by atoms with Crippen molar-refractivity contribution in [1.29, 1.82) is 5.26 Å². The number of hydrogen-bond donors (Lipinski definition) is 1. The molecule has 0 amide bonds. The van der Waals surface area contributed by atoms with E-state index in [4.69, 9.17) is 5.26 Å². The molecule has 2 aliphatic heterocycles. The van der Waals surface area contributed by atoms with Gasteiger partial charge in [0.15, 0.2) is 0 Å². The van der Waals surface area contributed by atoms with E-state index < -0.39 is 0 Å². The van der Waals surface area contributed by atoms with Crippen LogP contribution in [0.15, 0.2) is 0 Å². The molecule has 2 heterocycles. The third-order valence-electron chi connectivity index (χ3n) is 3.25. The fourth-order valence-corrected chi connectivity index (χ4v) is 2.23. The molecule has 72 valence electrons. The second kappa shape index (κ2) is 3.65. The van der Waals surface area contributed by atoms with Gasteiger partial charge in [0.2, 0.25) is 0 Å². The zero-order valence-corrected chi connectivity index (χ0v) is 8.05. The number of nitriles is 1. The minimum atomic E-state index is -0.148. The number of hydrogen-bond acceptors (Lipinski definition) is 3. The normalized spacial score (nSPS) is 28.5. The summed E-state index contributed by atoms with van der Waals surface area (Å²) in [6, 6.07) is 2.48. The Kier molecular flexibility index (Phi) is 2.52. The molecule has 13 heavy (non-hydrogen) atoms. The van der Waals surface area contributed by atoms with Crippen molar-refractivity contribution >= 4 is 0 Å². The fourth-order valence-electron chi connectivity index (χ4n) is 2.23. The summed E-state index contributed by atoms with van der Waals surface area (Å²) < 4.78 is 0. The molecule has 3 nitrogen and oxygen atoms in total. The summed E-state index contributed by atoms with van der Waals surface area (Å²) in [5, 5.41) is 12.4. The van der Waals surface area contributed by atoms with Gasteiger partial charge in [-0.25, -0.2) is 0 Å². The van der Waals surface area contributed by atoms with Gasteiger partial charge < -0.3 is 5.32 Å². The van der Waals surface area contributed by atoms with Crippen molar-refractivity contribution in [1.82, 2.24) is 10.2 Å². The van der Waals surface area contributed by atoms with E-state index in [-0.39, 0.29) is 5.54 Å². The topological polar surface area (TPSA) is 39.1 Å². The van der Waals surface area contributed by atoms with E-state index in [0.717, 1.165) is 26.2 Å². The molecule has 0 saturated carbocycles. The fraction of sp³-hybridized carbons (Fsp3) is 0.900. The number of likely N-dealkylation sites (tertiary alicyclic amines) is 1. The van der Waals surface area contributed by atoms with Gasteiger partial charge in [0.25, 0.3) is 0 Å². The minimum Gasteiger partial charge on any atom is -0.311 e.